The van der Waals surface area contributed by atoms with Crippen molar-refractivity contribution in [1.29, 1.82) is 0 Å². The van der Waals surface area contributed by atoms with E-state index < -0.39 is 34.8 Å². The number of fused-ring (bicyclic) bond motifs is 1. The maximum Gasteiger partial charge on any atom is 0.226 e. The van der Waals surface area contributed by atoms with Gasteiger partial charge < -0.3 is 19.2 Å². The summed E-state index contributed by atoms with van der Waals surface area (Å²) in [6.45, 7) is 1.14. The van der Waals surface area contributed by atoms with E-state index in [1.807, 2.05) is 0 Å². The zero-order chi connectivity index (χ0) is 20.9. The van der Waals surface area contributed by atoms with Crippen molar-refractivity contribution in [3.05, 3.63) is 51.1 Å². The fraction of sp³-hybridized carbons (Fsp3) is 0.474. The number of nitrogens with one attached hydrogen (secondary N) is 1. The molecule has 2 atom stereocenters. The van der Waals surface area contributed by atoms with Crippen molar-refractivity contribution < 1.29 is 27.1 Å². The highest BCUT2D eigenvalue weighted by molar-refractivity contribution is 7.71. The predicted octanol–water partition coefficient (Wildman–Crippen LogP) is 2.90. The predicted molar refractivity (Wildman–Crippen MR) is 98.0 cm³/mol. The molecule has 0 spiro atoms. The molecule has 0 bridgehead atoms. The average Bonchev–Trinajstić information content (AvgIpc) is 3.37. The summed E-state index contributed by atoms with van der Waals surface area (Å²) in [4.78, 5) is 12.4. The molecule has 1 N–H and O–H groups in total. The first-order chi connectivity index (χ1) is 13.8. The fourth-order valence-corrected chi connectivity index (χ4v) is 4.43. The van der Waals surface area contributed by atoms with Crippen molar-refractivity contribution >= 4 is 18.1 Å². The quantitative estimate of drug-likeness (QED) is 0.462. The molecule has 2 aliphatic rings. The number of benzene rings is 1. The van der Waals surface area contributed by atoms with Crippen LogP contribution in [0.5, 0.6) is 0 Å². The fourth-order valence-electron chi connectivity index (χ4n) is 4.14. The summed E-state index contributed by atoms with van der Waals surface area (Å²) in [6, 6.07) is 0.155. The van der Waals surface area contributed by atoms with Gasteiger partial charge in [0.15, 0.2) is 28.0 Å². The molecule has 1 aromatic heterocycles. The highest BCUT2D eigenvalue weighted by Gasteiger charge is 2.34. The summed E-state index contributed by atoms with van der Waals surface area (Å²) in [5.41, 5.74) is 0.636. The lowest BCUT2D eigenvalue weighted by molar-refractivity contribution is -0.121. The molecule has 10 heteroatoms. The minimum atomic E-state index is -1.43. The monoisotopic (exact) mass is 429 g/mol. The summed E-state index contributed by atoms with van der Waals surface area (Å²) >= 11 is 5.40. The second-order valence-corrected chi connectivity index (χ2v) is 7.80. The van der Waals surface area contributed by atoms with Gasteiger partial charge in [-0.3, -0.25) is 4.79 Å². The van der Waals surface area contributed by atoms with Gasteiger partial charge in [-0.05, 0) is 25.1 Å². The minimum absolute atomic E-state index is 0.0359. The summed E-state index contributed by atoms with van der Waals surface area (Å²) in [5, 5.41) is 2.89. The maximum absolute atomic E-state index is 14.2. The second-order valence-electron chi connectivity index (χ2n) is 7.43. The SMILES string of the molecule is Cn1c(CC(=O)NC2CCOC2)c2n(c1=S)CC(c1c(F)c(F)cc(F)c1F)C2. The standard InChI is InChI=1S/C19H19F4N3O2S/c1-25-13(6-15(27)24-10-2-3-28-8-10)14-4-9(7-26(14)19(25)29)16-17(22)11(20)5-12(21)18(16)23/h5,9-10H,2-4,6-8H2,1H3,(H,24,27). The first-order valence-electron chi connectivity index (χ1n) is 9.25. The second kappa shape index (κ2) is 7.56. The third kappa shape index (κ3) is 3.48. The summed E-state index contributed by atoms with van der Waals surface area (Å²) in [6.07, 6.45) is 0.897. The van der Waals surface area contributed by atoms with Gasteiger partial charge in [-0.1, -0.05) is 0 Å². The number of hydrogen-bond acceptors (Lipinski definition) is 3. The van der Waals surface area contributed by atoms with Gasteiger partial charge in [0, 0.05) is 49.1 Å². The van der Waals surface area contributed by atoms with Gasteiger partial charge in [-0.15, -0.1) is 0 Å². The van der Waals surface area contributed by atoms with Crippen molar-refractivity contribution in [2.75, 3.05) is 13.2 Å². The first-order valence-corrected chi connectivity index (χ1v) is 9.66. The van der Waals surface area contributed by atoms with Crippen molar-refractivity contribution in [3.63, 3.8) is 0 Å². The third-order valence-electron chi connectivity index (χ3n) is 5.60. The molecule has 0 aliphatic carbocycles. The lowest BCUT2D eigenvalue weighted by Gasteiger charge is -2.14. The highest BCUT2D eigenvalue weighted by atomic mass is 32.1. The number of amides is 1. The number of nitrogens with zero attached hydrogens (tertiary/aromatic N) is 2. The van der Waals surface area contributed by atoms with Crippen LogP contribution >= 0.6 is 12.2 Å². The topological polar surface area (TPSA) is 48.2 Å². The Balaban J connectivity index is 1.62. The van der Waals surface area contributed by atoms with Crippen LogP contribution in [0.25, 0.3) is 0 Å². The number of hydrogen-bond donors (Lipinski definition) is 1. The Labute approximate surface area is 169 Å². The van der Waals surface area contributed by atoms with Crippen LogP contribution < -0.4 is 5.32 Å². The van der Waals surface area contributed by atoms with Crippen LogP contribution in [0.4, 0.5) is 17.6 Å². The van der Waals surface area contributed by atoms with E-state index in [9.17, 15) is 22.4 Å². The van der Waals surface area contributed by atoms with E-state index in [1.54, 1.807) is 16.2 Å². The smallest absolute Gasteiger partial charge is 0.226 e. The van der Waals surface area contributed by atoms with Crippen LogP contribution in [0.15, 0.2) is 6.07 Å². The molecule has 2 aliphatic heterocycles. The molecule has 1 fully saturated rings. The Morgan fingerprint density at radius 1 is 1.28 bits per heavy atom. The summed E-state index contributed by atoms with van der Waals surface area (Å²) < 4.78 is 64.7. The summed E-state index contributed by atoms with van der Waals surface area (Å²) in [5.74, 6) is -6.68. The summed E-state index contributed by atoms with van der Waals surface area (Å²) in [7, 11) is 1.72. The largest absolute Gasteiger partial charge is 0.379 e. The number of carbonyl (C=O) groups is 1. The van der Waals surface area contributed by atoms with E-state index >= 15 is 0 Å². The van der Waals surface area contributed by atoms with Gasteiger partial charge in [0.25, 0.3) is 0 Å². The van der Waals surface area contributed by atoms with Gasteiger partial charge in [-0.25, -0.2) is 17.6 Å². The number of carbonyl (C=O) groups excluding carboxylic acids is 1. The van der Waals surface area contributed by atoms with Crippen LogP contribution in [0.2, 0.25) is 0 Å². The number of ether oxygens (including phenoxy) is 1. The molecule has 29 heavy (non-hydrogen) atoms. The zero-order valence-electron chi connectivity index (χ0n) is 15.6. The molecule has 4 rings (SSSR count). The molecule has 2 unspecified atom stereocenters. The van der Waals surface area contributed by atoms with Crippen LogP contribution in [-0.2, 0) is 36.0 Å². The van der Waals surface area contributed by atoms with Crippen LogP contribution in [0.3, 0.4) is 0 Å². The van der Waals surface area contributed by atoms with Crippen molar-refractivity contribution in [3.8, 4) is 0 Å². The van der Waals surface area contributed by atoms with Crippen LogP contribution in [-0.4, -0.2) is 34.3 Å². The molecule has 3 heterocycles. The number of aromatic nitrogens is 2. The van der Waals surface area contributed by atoms with Gasteiger partial charge >= 0.3 is 0 Å². The van der Waals surface area contributed by atoms with E-state index in [2.05, 4.69) is 5.32 Å². The van der Waals surface area contributed by atoms with E-state index in [1.165, 1.54) is 0 Å². The van der Waals surface area contributed by atoms with Crippen molar-refractivity contribution in [2.24, 2.45) is 7.05 Å². The molecule has 1 saturated heterocycles. The van der Waals surface area contributed by atoms with Gasteiger partial charge in [0.1, 0.15) is 0 Å². The highest BCUT2D eigenvalue weighted by Crippen LogP contribution is 2.36. The Morgan fingerprint density at radius 2 is 1.97 bits per heavy atom. The Hall–Kier alpha value is -2.20. The Kier molecular flexibility index (Phi) is 5.24. The minimum Gasteiger partial charge on any atom is -0.379 e. The Bertz CT molecular complexity index is 1020. The van der Waals surface area contributed by atoms with E-state index in [0.29, 0.717) is 29.4 Å². The van der Waals surface area contributed by atoms with E-state index in [-0.39, 0.29) is 37.4 Å². The molecular formula is C19H19F4N3O2S. The molecule has 2 aromatic rings. The molecule has 0 radical (unpaired) electrons. The number of halogens is 4. The van der Waals surface area contributed by atoms with E-state index in [4.69, 9.17) is 17.0 Å². The molecule has 5 nitrogen and oxygen atoms in total. The maximum atomic E-state index is 14.2. The van der Waals surface area contributed by atoms with Crippen molar-refractivity contribution in [1.82, 2.24) is 14.5 Å². The number of rotatable bonds is 4. The van der Waals surface area contributed by atoms with Gasteiger partial charge in [0.05, 0.1) is 19.1 Å². The third-order valence-corrected chi connectivity index (χ3v) is 6.10. The number of imidazole rings is 1. The first kappa shape index (κ1) is 20.1. The Morgan fingerprint density at radius 3 is 2.59 bits per heavy atom. The van der Waals surface area contributed by atoms with Crippen LogP contribution in [0.1, 0.15) is 29.3 Å². The average molecular weight is 429 g/mol. The normalized spacial score (nSPS) is 20.9. The lowest BCUT2D eigenvalue weighted by Crippen LogP contribution is -2.36. The van der Waals surface area contributed by atoms with E-state index in [0.717, 1.165) is 6.42 Å². The molecule has 1 amide bonds. The molecule has 156 valence electrons. The van der Waals surface area contributed by atoms with Crippen molar-refractivity contribution in [2.45, 2.75) is 37.8 Å². The lowest BCUT2D eigenvalue weighted by atomic mass is 9.94. The van der Waals surface area contributed by atoms with Gasteiger partial charge in [-0.2, -0.15) is 0 Å². The molecule has 0 saturated carbocycles. The zero-order valence-corrected chi connectivity index (χ0v) is 16.4. The van der Waals surface area contributed by atoms with Crippen LogP contribution in [0, 0.1) is 28.0 Å². The van der Waals surface area contributed by atoms with Gasteiger partial charge in [0.2, 0.25) is 5.91 Å². The molecule has 1 aromatic carbocycles. The molecular weight excluding hydrogens is 410 g/mol.